The maximum Gasteiger partial charge on any atom is 0.319 e. The largest absolute Gasteiger partial charge is 0.493 e. The van der Waals surface area contributed by atoms with Gasteiger partial charge in [0.1, 0.15) is 0 Å². The number of hydrogen-bond donors (Lipinski definition) is 2. The average Bonchev–Trinajstić information content (AvgIpc) is 3.12. The van der Waals surface area contributed by atoms with Crippen molar-refractivity contribution in [3.63, 3.8) is 0 Å². The van der Waals surface area contributed by atoms with Crippen LogP contribution < -0.4 is 20.1 Å². The quantitative estimate of drug-likeness (QED) is 0.659. The van der Waals surface area contributed by atoms with Crippen molar-refractivity contribution in [3.05, 3.63) is 58.4 Å². The summed E-state index contributed by atoms with van der Waals surface area (Å²) in [5, 5.41) is 8.72. The Morgan fingerprint density at radius 2 is 1.89 bits per heavy atom. The highest BCUT2D eigenvalue weighted by atomic mass is 32.1. The van der Waals surface area contributed by atoms with E-state index in [0.717, 1.165) is 21.8 Å². The van der Waals surface area contributed by atoms with E-state index in [1.807, 2.05) is 54.8 Å². The monoisotopic (exact) mass is 383 g/mol. The predicted molar refractivity (Wildman–Crippen MR) is 108 cm³/mol. The van der Waals surface area contributed by atoms with Gasteiger partial charge in [0.25, 0.3) is 0 Å². The summed E-state index contributed by atoms with van der Waals surface area (Å²) in [5.41, 5.74) is 3.37. The van der Waals surface area contributed by atoms with Crippen molar-refractivity contribution in [2.24, 2.45) is 0 Å². The molecule has 27 heavy (non-hydrogen) atoms. The van der Waals surface area contributed by atoms with Crippen LogP contribution in [-0.4, -0.2) is 25.2 Å². The van der Waals surface area contributed by atoms with Gasteiger partial charge in [-0.15, -0.1) is 11.3 Å². The van der Waals surface area contributed by atoms with E-state index in [2.05, 4.69) is 15.6 Å². The van der Waals surface area contributed by atoms with Crippen molar-refractivity contribution in [1.82, 2.24) is 10.3 Å². The lowest BCUT2D eigenvalue weighted by atomic mass is 10.1. The molecule has 3 rings (SSSR count). The van der Waals surface area contributed by atoms with Gasteiger partial charge in [-0.3, -0.25) is 0 Å². The van der Waals surface area contributed by atoms with E-state index >= 15 is 0 Å². The summed E-state index contributed by atoms with van der Waals surface area (Å²) in [4.78, 5) is 16.9. The predicted octanol–water partition coefficient (Wildman–Crippen LogP) is 4.46. The van der Waals surface area contributed by atoms with Gasteiger partial charge >= 0.3 is 6.03 Å². The minimum atomic E-state index is -0.288. The number of para-hydroxylation sites is 1. The Kier molecular flexibility index (Phi) is 5.93. The molecular weight excluding hydrogens is 362 g/mol. The number of carbonyl (C=O) groups is 1. The molecule has 2 amide bonds. The van der Waals surface area contributed by atoms with Gasteiger partial charge in [-0.1, -0.05) is 24.3 Å². The van der Waals surface area contributed by atoms with E-state index in [9.17, 15) is 4.79 Å². The molecule has 3 aromatic rings. The third-order valence-corrected chi connectivity index (χ3v) is 4.74. The van der Waals surface area contributed by atoms with Crippen LogP contribution in [0.2, 0.25) is 0 Å². The van der Waals surface area contributed by atoms with Crippen molar-refractivity contribution in [2.75, 3.05) is 19.5 Å². The molecule has 6 nitrogen and oxygen atoms in total. The number of carbonyl (C=O) groups excluding carboxylic acids is 1. The molecule has 0 saturated carbocycles. The van der Waals surface area contributed by atoms with E-state index in [0.29, 0.717) is 23.7 Å². The Balaban J connectivity index is 1.67. The van der Waals surface area contributed by atoms with Gasteiger partial charge in [-0.25, -0.2) is 9.78 Å². The molecule has 140 valence electrons. The Bertz CT molecular complexity index is 940. The molecule has 0 fully saturated rings. The summed E-state index contributed by atoms with van der Waals surface area (Å²) in [6.07, 6.45) is 0. The van der Waals surface area contributed by atoms with Crippen molar-refractivity contribution >= 4 is 23.1 Å². The summed E-state index contributed by atoms with van der Waals surface area (Å²) in [7, 11) is 3.17. The third kappa shape index (κ3) is 4.57. The highest BCUT2D eigenvalue weighted by molar-refractivity contribution is 7.09. The summed E-state index contributed by atoms with van der Waals surface area (Å²) >= 11 is 1.58. The molecule has 0 atom stereocenters. The molecule has 7 heteroatoms. The molecule has 0 aliphatic carbocycles. The number of aryl methyl sites for hydroxylation is 1. The second-order valence-electron chi connectivity index (χ2n) is 5.79. The number of nitrogens with one attached hydrogen (secondary N) is 2. The third-order valence-electron chi connectivity index (χ3n) is 3.97. The van der Waals surface area contributed by atoms with Crippen LogP contribution in [0.1, 0.15) is 10.6 Å². The van der Waals surface area contributed by atoms with E-state index in [1.54, 1.807) is 25.6 Å². The SMILES string of the molecule is COc1ccc(CNC(=O)Nc2ccccc2-c2csc(C)n2)cc1OC. The number of thiazole rings is 1. The van der Waals surface area contributed by atoms with Crippen molar-refractivity contribution in [3.8, 4) is 22.8 Å². The Labute approximate surface area is 162 Å². The number of aromatic nitrogens is 1. The maximum absolute atomic E-state index is 12.4. The van der Waals surface area contributed by atoms with Crippen LogP contribution in [0.15, 0.2) is 47.8 Å². The lowest BCUT2D eigenvalue weighted by molar-refractivity contribution is 0.251. The molecule has 0 unspecified atom stereocenters. The summed E-state index contributed by atoms with van der Waals surface area (Å²) in [6, 6.07) is 12.9. The normalized spacial score (nSPS) is 10.3. The zero-order valence-corrected chi connectivity index (χ0v) is 16.2. The minimum Gasteiger partial charge on any atom is -0.493 e. The molecular formula is C20H21N3O3S. The zero-order valence-electron chi connectivity index (χ0n) is 15.4. The Morgan fingerprint density at radius 3 is 2.59 bits per heavy atom. The van der Waals surface area contributed by atoms with Crippen LogP contribution in [0.4, 0.5) is 10.5 Å². The van der Waals surface area contributed by atoms with Crippen molar-refractivity contribution in [1.29, 1.82) is 0 Å². The molecule has 1 heterocycles. The van der Waals surface area contributed by atoms with Gasteiger partial charge in [-0.05, 0) is 30.7 Å². The fourth-order valence-electron chi connectivity index (χ4n) is 2.64. The number of hydrogen-bond acceptors (Lipinski definition) is 5. The summed E-state index contributed by atoms with van der Waals surface area (Å²) < 4.78 is 10.5. The second-order valence-corrected chi connectivity index (χ2v) is 6.86. The van der Waals surface area contributed by atoms with Crippen molar-refractivity contribution in [2.45, 2.75) is 13.5 Å². The molecule has 2 aromatic carbocycles. The molecule has 0 bridgehead atoms. The Hall–Kier alpha value is -3.06. The molecule has 0 saturated heterocycles. The number of ether oxygens (including phenoxy) is 2. The van der Waals surface area contributed by atoms with Gasteiger partial charge in [0.2, 0.25) is 0 Å². The van der Waals surface area contributed by atoms with Gasteiger partial charge in [0.15, 0.2) is 11.5 Å². The van der Waals surface area contributed by atoms with E-state index in [-0.39, 0.29) is 6.03 Å². The van der Waals surface area contributed by atoms with Crippen molar-refractivity contribution < 1.29 is 14.3 Å². The molecule has 1 aromatic heterocycles. The van der Waals surface area contributed by atoms with Crippen LogP contribution in [0.3, 0.4) is 0 Å². The van der Waals surface area contributed by atoms with E-state index in [4.69, 9.17) is 9.47 Å². The number of amides is 2. The van der Waals surface area contributed by atoms with Gasteiger partial charge in [0.05, 0.1) is 30.6 Å². The smallest absolute Gasteiger partial charge is 0.319 e. The first-order valence-corrected chi connectivity index (χ1v) is 9.26. The summed E-state index contributed by atoms with van der Waals surface area (Å²) in [5.74, 6) is 1.28. The number of nitrogens with zero attached hydrogens (tertiary/aromatic N) is 1. The lowest BCUT2D eigenvalue weighted by Crippen LogP contribution is -2.28. The van der Waals surface area contributed by atoms with Crippen LogP contribution in [0, 0.1) is 6.92 Å². The lowest BCUT2D eigenvalue weighted by Gasteiger charge is -2.12. The standard InChI is InChI=1S/C20H21N3O3S/c1-13-22-17(12-27-13)15-6-4-5-7-16(15)23-20(24)21-11-14-8-9-18(25-2)19(10-14)26-3/h4-10,12H,11H2,1-3H3,(H2,21,23,24). The zero-order chi connectivity index (χ0) is 19.2. The highest BCUT2D eigenvalue weighted by Gasteiger charge is 2.11. The number of rotatable bonds is 6. The van der Waals surface area contributed by atoms with Crippen LogP contribution in [0.25, 0.3) is 11.3 Å². The first-order valence-electron chi connectivity index (χ1n) is 8.38. The highest BCUT2D eigenvalue weighted by Crippen LogP contribution is 2.29. The number of benzene rings is 2. The second kappa shape index (κ2) is 8.55. The molecule has 0 aliphatic heterocycles. The Morgan fingerprint density at radius 1 is 1.11 bits per heavy atom. The first-order chi connectivity index (χ1) is 13.1. The summed E-state index contributed by atoms with van der Waals surface area (Å²) in [6.45, 7) is 2.32. The van der Waals surface area contributed by atoms with Crippen LogP contribution in [-0.2, 0) is 6.54 Å². The average molecular weight is 383 g/mol. The fraction of sp³-hybridized carbons (Fsp3) is 0.200. The minimum absolute atomic E-state index is 0.288. The van der Waals surface area contributed by atoms with E-state index < -0.39 is 0 Å². The molecule has 0 aliphatic rings. The number of methoxy groups -OCH3 is 2. The topological polar surface area (TPSA) is 72.5 Å². The fourth-order valence-corrected chi connectivity index (χ4v) is 3.25. The maximum atomic E-state index is 12.4. The number of anilines is 1. The molecule has 0 radical (unpaired) electrons. The van der Waals surface area contributed by atoms with Gasteiger partial charge < -0.3 is 20.1 Å². The van der Waals surface area contributed by atoms with Crippen LogP contribution in [0.5, 0.6) is 11.5 Å². The first kappa shape index (κ1) is 18.7. The van der Waals surface area contributed by atoms with Crippen LogP contribution >= 0.6 is 11.3 Å². The molecule has 2 N–H and O–H groups in total. The van der Waals surface area contributed by atoms with Gasteiger partial charge in [0, 0.05) is 17.5 Å². The van der Waals surface area contributed by atoms with Gasteiger partial charge in [-0.2, -0.15) is 0 Å². The van der Waals surface area contributed by atoms with E-state index in [1.165, 1.54) is 0 Å². The number of urea groups is 1. The molecule has 0 spiro atoms.